The summed E-state index contributed by atoms with van der Waals surface area (Å²) in [6.45, 7) is 3.17. The Kier molecular flexibility index (Phi) is 15.6. The molecule has 22 heavy (non-hydrogen) atoms. The number of likely N-dealkylation sites (N-methyl/N-ethyl adjacent to an activating group) is 1. The number of aliphatic hydroxyl groups excluding tert-OH is 1. The van der Waals surface area contributed by atoms with Gasteiger partial charge in [-0.15, -0.1) is 0 Å². The van der Waals surface area contributed by atoms with E-state index < -0.39 is 0 Å². The van der Waals surface area contributed by atoms with Gasteiger partial charge in [0, 0.05) is 0 Å². The van der Waals surface area contributed by atoms with Crippen molar-refractivity contribution in [2.24, 2.45) is 0 Å². The monoisotopic (exact) mass is 426 g/mol. The number of alkyl halides is 1. The molecule has 0 rings (SSSR count). The van der Waals surface area contributed by atoms with E-state index in [2.05, 4.69) is 43.6 Å². The first kappa shape index (κ1) is 22.6. The van der Waals surface area contributed by atoms with Crippen LogP contribution in [0.1, 0.15) is 90.4 Å². The topological polar surface area (TPSA) is 20.2 Å². The maximum Gasteiger partial charge on any atom is 0.129 e. The van der Waals surface area contributed by atoms with Crippen molar-refractivity contribution in [2.75, 3.05) is 25.2 Å². The zero-order valence-corrected chi connectivity index (χ0v) is 17.6. The molecule has 0 bridgehead atoms. The largest absolute Gasteiger partial charge is 0.387 e. The van der Waals surface area contributed by atoms with Gasteiger partial charge in [-0.2, -0.15) is 0 Å². The second kappa shape index (κ2) is 15.2. The average Bonchev–Trinajstić information content (AvgIpc) is 2.48. The van der Waals surface area contributed by atoms with E-state index in [1.54, 1.807) is 0 Å². The Hall–Kier alpha value is 0.650. The number of hydrogen-bond acceptors (Lipinski definition) is 1. The minimum Gasteiger partial charge on any atom is -0.387 e. The lowest BCUT2D eigenvalue weighted by Gasteiger charge is -2.29. The number of unbranched alkanes of at least 4 members (excludes halogenated alkanes) is 11. The molecule has 1 N–H and O–H groups in total. The van der Waals surface area contributed by atoms with E-state index in [9.17, 15) is 5.11 Å². The fourth-order valence-corrected chi connectivity index (χ4v) is 3.21. The molecular weight excluding hydrogens is 385 g/mol. The van der Waals surface area contributed by atoms with Gasteiger partial charge >= 0.3 is 0 Å². The number of rotatable bonds is 16. The molecule has 2 nitrogen and oxygen atoms in total. The van der Waals surface area contributed by atoms with Crippen LogP contribution in [-0.2, 0) is 0 Å². The minimum atomic E-state index is -0.118. The van der Waals surface area contributed by atoms with Gasteiger partial charge in [-0.1, -0.05) is 84.0 Å². The molecule has 0 saturated carbocycles. The molecule has 1 atom stereocenters. The van der Waals surface area contributed by atoms with Crippen LogP contribution in [0.25, 0.3) is 0 Å². The molecule has 0 heterocycles. The third kappa shape index (κ3) is 15.5. The summed E-state index contributed by atoms with van der Waals surface area (Å²) in [6, 6.07) is 0. The van der Waals surface area contributed by atoms with E-state index >= 15 is 0 Å². The standard InChI is InChI=1S/C19H41INO/c1-4-5-6-7-8-9-10-11-12-13-14-15-16-19(22)17-21(2,3)18-20/h19,22H,4-18H2,1-3H3/q+1/t19-/m0/s1. The van der Waals surface area contributed by atoms with Gasteiger partial charge in [-0.25, -0.2) is 0 Å². The highest BCUT2D eigenvalue weighted by Gasteiger charge is 2.18. The van der Waals surface area contributed by atoms with Crippen molar-refractivity contribution in [3.05, 3.63) is 0 Å². The van der Waals surface area contributed by atoms with Crippen LogP contribution in [0.3, 0.4) is 0 Å². The molecule has 0 aliphatic carbocycles. The Labute approximate surface area is 153 Å². The van der Waals surface area contributed by atoms with E-state index in [0.717, 1.165) is 22.0 Å². The molecule has 134 valence electrons. The van der Waals surface area contributed by atoms with Crippen molar-refractivity contribution in [1.29, 1.82) is 0 Å². The van der Waals surface area contributed by atoms with Crippen LogP contribution in [0.4, 0.5) is 0 Å². The summed E-state index contributed by atoms with van der Waals surface area (Å²) in [4.78, 5) is 0. The predicted octanol–water partition coefficient (Wildman–Crippen LogP) is 5.91. The fraction of sp³-hybridized carbons (Fsp3) is 1.00. The average molecular weight is 426 g/mol. The SMILES string of the molecule is CCCCCCCCCCCCCC[C@H](O)C[N+](C)(C)CI. The van der Waals surface area contributed by atoms with Crippen molar-refractivity contribution in [1.82, 2.24) is 0 Å². The molecule has 0 saturated heterocycles. The lowest BCUT2D eigenvalue weighted by atomic mass is 10.0. The Morgan fingerprint density at radius 3 is 1.59 bits per heavy atom. The van der Waals surface area contributed by atoms with E-state index in [1.807, 2.05) is 0 Å². The van der Waals surface area contributed by atoms with Crippen LogP contribution in [0.2, 0.25) is 0 Å². The van der Waals surface area contributed by atoms with Crippen LogP contribution >= 0.6 is 22.6 Å². The van der Waals surface area contributed by atoms with E-state index in [4.69, 9.17) is 0 Å². The lowest BCUT2D eigenvalue weighted by molar-refractivity contribution is -0.877. The summed E-state index contributed by atoms with van der Waals surface area (Å²) in [5.41, 5.74) is 0. The summed E-state index contributed by atoms with van der Waals surface area (Å²) in [5.74, 6) is 0. The van der Waals surface area contributed by atoms with Crippen molar-refractivity contribution in [3.63, 3.8) is 0 Å². The molecule has 0 aliphatic rings. The van der Waals surface area contributed by atoms with Gasteiger partial charge in [0.2, 0.25) is 0 Å². The van der Waals surface area contributed by atoms with Gasteiger partial charge in [-0.05, 0) is 29.0 Å². The fourth-order valence-electron chi connectivity index (χ4n) is 2.93. The summed E-state index contributed by atoms with van der Waals surface area (Å²) in [6.07, 6.45) is 17.5. The maximum absolute atomic E-state index is 10.1. The Morgan fingerprint density at radius 2 is 1.18 bits per heavy atom. The molecule has 0 amide bonds. The summed E-state index contributed by atoms with van der Waals surface area (Å²) >= 11 is 2.40. The molecule has 0 aromatic heterocycles. The highest BCUT2D eigenvalue weighted by atomic mass is 127. The van der Waals surface area contributed by atoms with E-state index in [0.29, 0.717) is 0 Å². The maximum atomic E-state index is 10.1. The molecule has 0 radical (unpaired) electrons. The van der Waals surface area contributed by atoms with E-state index in [-0.39, 0.29) is 6.10 Å². The molecule has 0 aliphatic heterocycles. The lowest BCUT2D eigenvalue weighted by Crippen LogP contribution is -2.44. The van der Waals surface area contributed by atoms with Crippen LogP contribution in [-0.4, -0.2) is 40.9 Å². The highest BCUT2D eigenvalue weighted by molar-refractivity contribution is 14.1. The quantitative estimate of drug-likeness (QED) is 0.107. The molecular formula is C19H41INO+. The number of halogens is 1. The van der Waals surface area contributed by atoms with Crippen molar-refractivity contribution >= 4 is 22.6 Å². The van der Waals surface area contributed by atoms with Crippen molar-refractivity contribution in [3.8, 4) is 0 Å². The van der Waals surface area contributed by atoms with Crippen molar-refractivity contribution < 1.29 is 9.59 Å². The number of nitrogens with zero attached hydrogens (tertiary/aromatic N) is 1. The van der Waals surface area contributed by atoms with Crippen LogP contribution < -0.4 is 0 Å². The number of quaternary nitrogens is 1. The second-order valence-electron chi connectivity index (χ2n) is 7.57. The summed E-state index contributed by atoms with van der Waals surface area (Å²) in [5, 5.41) is 10.1. The van der Waals surface area contributed by atoms with Crippen LogP contribution in [0, 0.1) is 0 Å². The van der Waals surface area contributed by atoms with E-state index in [1.165, 1.54) is 77.0 Å². The zero-order chi connectivity index (χ0) is 16.7. The van der Waals surface area contributed by atoms with Gasteiger partial charge in [-0.3, -0.25) is 0 Å². The van der Waals surface area contributed by atoms with Gasteiger partial charge in [0.1, 0.15) is 17.2 Å². The Bertz CT molecular complexity index is 233. The second-order valence-corrected chi connectivity index (χ2v) is 8.25. The minimum absolute atomic E-state index is 0.118. The first-order valence-electron chi connectivity index (χ1n) is 9.58. The smallest absolute Gasteiger partial charge is 0.129 e. The molecule has 0 unspecified atom stereocenters. The zero-order valence-electron chi connectivity index (χ0n) is 15.5. The molecule has 0 aromatic carbocycles. The summed E-state index contributed by atoms with van der Waals surface area (Å²) in [7, 11) is 4.38. The third-order valence-electron chi connectivity index (χ3n) is 4.42. The summed E-state index contributed by atoms with van der Waals surface area (Å²) < 4.78 is 1.98. The molecule has 0 fully saturated rings. The normalized spacial score (nSPS) is 13.5. The molecule has 0 aromatic rings. The first-order valence-corrected chi connectivity index (χ1v) is 11.1. The Balaban J connectivity index is 3.23. The van der Waals surface area contributed by atoms with Gasteiger partial charge in [0.15, 0.2) is 0 Å². The Morgan fingerprint density at radius 1 is 0.773 bits per heavy atom. The third-order valence-corrected chi connectivity index (χ3v) is 6.27. The molecule has 3 heteroatoms. The number of aliphatic hydroxyl groups is 1. The van der Waals surface area contributed by atoms with Gasteiger partial charge in [0.25, 0.3) is 0 Å². The highest BCUT2D eigenvalue weighted by Crippen LogP contribution is 2.14. The van der Waals surface area contributed by atoms with Gasteiger partial charge < -0.3 is 9.59 Å². The number of hydrogen-bond donors (Lipinski definition) is 1. The molecule has 0 spiro atoms. The predicted molar refractivity (Wildman–Crippen MR) is 108 cm³/mol. The van der Waals surface area contributed by atoms with Crippen LogP contribution in [0.15, 0.2) is 0 Å². The first-order chi connectivity index (χ1) is 10.5. The van der Waals surface area contributed by atoms with Gasteiger partial charge in [0.05, 0.1) is 14.1 Å². The van der Waals surface area contributed by atoms with Crippen LogP contribution in [0.5, 0.6) is 0 Å². The van der Waals surface area contributed by atoms with Crippen molar-refractivity contribution in [2.45, 2.75) is 96.5 Å².